The molecule has 2 N–H and O–H groups in total. The average molecular weight is 286 g/mol. The highest BCUT2D eigenvalue weighted by Crippen LogP contribution is 2.30. The number of anilines is 1. The van der Waals surface area contributed by atoms with Crippen molar-refractivity contribution in [2.45, 2.75) is 6.92 Å². The maximum absolute atomic E-state index is 10.8. The molecule has 1 aromatic heterocycles. The molecule has 7 heteroatoms. The lowest BCUT2D eigenvalue weighted by molar-refractivity contribution is -0.117. The lowest BCUT2D eigenvalue weighted by atomic mass is 10.3. The van der Waals surface area contributed by atoms with Crippen molar-refractivity contribution in [3.8, 4) is 0 Å². The van der Waals surface area contributed by atoms with E-state index >= 15 is 0 Å². The molecule has 2 rings (SSSR count). The van der Waals surface area contributed by atoms with E-state index in [-0.39, 0.29) is 11.0 Å². The highest BCUT2D eigenvalue weighted by Gasteiger charge is 2.08. The standard InChI is InChI=1S/C10H8ClN3OS2/c1-5(15)12-9(16)14-10-13-8-6(11)3-2-4-7(8)17-10/h2-4H,1H3,(H2,12,13,14,15,16). The molecule has 0 fully saturated rings. The summed E-state index contributed by atoms with van der Waals surface area (Å²) < 4.78 is 0.964. The van der Waals surface area contributed by atoms with Crippen LogP contribution in [0.5, 0.6) is 0 Å². The largest absolute Gasteiger partial charge is 0.308 e. The van der Waals surface area contributed by atoms with Crippen LogP contribution in [0.25, 0.3) is 10.2 Å². The molecule has 0 aliphatic heterocycles. The molecule has 4 nitrogen and oxygen atoms in total. The summed E-state index contributed by atoms with van der Waals surface area (Å²) in [6, 6.07) is 5.56. The average Bonchev–Trinajstić information content (AvgIpc) is 2.60. The molecule has 1 aromatic carbocycles. The van der Waals surface area contributed by atoms with Gasteiger partial charge in [-0.3, -0.25) is 4.79 Å². The quantitative estimate of drug-likeness (QED) is 0.791. The van der Waals surface area contributed by atoms with E-state index in [9.17, 15) is 4.79 Å². The van der Waals surface area contributed by atoms with Crippen molar-refractivity contribution >= 4 is 61.5 Å². The third kappa shape index (κ3) is 2.91. The molecule has 88 valence electrons. The predicted molar refractivity (Wildman–Crippen MR) is 74.7 cm³/mol. The molecule has 0 saturated heterocycles. The number of carbonyl (C=O) groups excluding carboxylic acids is 1. The summed E-state index contributed by atoms with van der Waals surface area (Å²) >= 11 is 12.4. The van der Waals surface area contributed by atoms with Gasteiger partial charge in [-0.05, 0) is 24.4 Å². The van der Waals surface area contributed by atoms with Gasteiger partial charge in [0, 0.05) is 6.92 Å². The molecule has 0 unspecified atom stereocenters. The Labute approximate surface area is 112 Å². The number of thiocarbonyl (C=S) groups is 1. The summed E-state index contributed by atoms with van der Waals surface area (Å²) in [5.41, 5.74) is 0.729. The van der Waals surface area contributed by atoms with Crippen LogP contribution in [0.3, 0.4) is 0 Å². The lowest BCUT2D eigenvalue weighted by Crippen LogP contribution is -2.32. The Morgan fingerprint density at radius 3 is 2.94 bits per heavy atom. The molecule has 1 amide bonds. The molecule has 0 aliphatic rings. The fraction of sp³-hybridized carbons (Fsp3) is 0.100. The minimum atomic E-state index is -0.221. The second-order valence-corrected chi connectivity index (χ2v) is 5.09. The van der Waals surface area contributed by atoms with Gasteiger partial charge in [-0.25, -0.2) is 4.98 Å². The smallest absolute Gasteiger partial charge is 0.222 e. The number of para-hydroxylation sites is 1. The summed E-state index contributed by atoms with van der Waals surface area (Å²) in [5.74, 6) is -0.221. The van der Waals surface area contributed by atoms with Gasteiger partial charge in [-0.1, -0.05) is 29.0 Å². The molecule has 0 spiro atoms. The number of halogens is 1. The topological polar surface area (TPSA) is 54.0 Å². The van der Waals surface area contributed by atoms with Crippen molar-refractivity contribution < 1.29 is 4.79 Å². The Kier molecular flexibility index (Phi) is 3.56. The van der Waals surface area contributed by atoms with Gasteiger partial charge in [0.05, 0.1) is 9.72 Å². The summed E-state index contributed by atoms with van der Waals surface area (Å²) in [5, 5.41) is 6.73. The van der Waals surface area contributed by atoms with Gasteiger partial charge in [0.1, 0.15) is 5.52 Å². The van der Waals surface area contributed by atoms with E-state index in [1.54, 1.807) is 6.07 Å². The van der Waals surface area contributed by atoms with Crippen molar-refractivity contribution in [3.63, 3.8) is 0 Å². The van der Waals surface area contributed by atoms with Crippen molar-refractivity contribution in [2.75, 3.05) is 5.32 Å². The minimum absolute atomic E-state index is 0.221. The lowest BCUT2D eigenvalue weighted by Gasteiger charge is -2.03. The zero-order chi connectivity index (χ0) is 12.4. The van der Waals surface area contributed by atoms with Crippen LogP contribution in [0, 0.1) is 0 Å². The number of hydrogen-bond acceptors (Lipinski definition) is 4. The monoisotopic (exact) mass is 285 g/mol. The molecule has 1 heterocycles. The maximum atomic E-state index is 10.8. The van der Waals surface area contributed by atoms with E-state index in [1.807, 2.05) is 12.1 Å². The van der Waals surface area contributed by atoms with Crippen LogP contribution in [0.1, 0.15) is 6.92 Å². The van der Waals surface area contributed by atoms with Gasteiger partial charge in [-0.2, -0.15) is 0 Å². The summed E-state index contributed by atoms with van der Waals surface area (Å²) in [4.78, 5) is 15.1. The Balaban J connectivity index is 2.23. The Morgan fingerprint density at radius 2 is 2.29 bits per heavy atom. The Hall–Kier alpha value is -1.24. The highest BCUT2D eigenvalue weighted by molar-refractivity contribution is 7.80. The molecule has 0 saturated carbocycles. The number of nitrogens with one attached hydrogen (secondary N) is 2. The number of aromatic nitrogens is 1. The zero-order valence-corrected chi connectivity index (χ0v) is 11.2. The zero-order valence-electron chi connectivity index (χ0n) is 8.78. The first-order valence-electron chi connectivity index (χ1n) is 4.70. The van der Waals surface area contributed by atoms with Gasteiger partial charge in [0.25, 0.3) is 0 Å². The highest BCUT2D eigenvalue weighted by atomic mass is 35.5. The van der Waals surface area contributed by atoms with E-state index in [0.717, 1.165) is 10.2 Å². The van der Waals surface area contributed by atoms with Crippen molar-refractivity contribution in [1.29, 1.82) is 0 Å². The number of fused-ring (bicyclic) bond motifs is 1. The van der Waals surface area contributed by atoms with Crippen molar-refractivity contribution in [2.24, 2.45) is 0 Å². The number of benzene rings is 1. The number of thiazole rings is 1. The molecular formula is C10H8ClN3OS2. The second kappa shape index (κ2) is 4.95. The van der Waals surface area contributed by atoms with Crippen LogP contribution in [0.15, 0.2) is 18.2 Å². The molecule has 2 aromatic rings. The first-order valence-corrected chi connectivity index (χ1v) is 6.30. The maximum Gasteiger partial charge on any atom is 0.222 e. The van der Waals surface area contributed by atoms with Gasteiger partial charge in [-0.15, -0.1) is 0 Å². The van der Waals surface area contributed by atoms with E-state index in [0.29, 0.717) is 10.2 Å². The van der Waals surface area contributed by atoms with Gasteiger partial charge >= 0.3 is 0 Å². The SMILES string of the molecule is CC(=O)NC(=S)Nc1nc2c(Cl)cccc2s1. The van der Waals surface area contributed by atoms with Crippen molar-refractivity contribution in [3.05, 3.63) is 23.2 Å². The molecule has 17 heavy (non-hydrogen) atoms. The van der Waals surface area contributed by atoms with Gasteiger partial charge in [0.2, 0.25) is 5.91 Å². The number of carbonyl (C=O) groups is 1. The fourth-order valence-electron chi connectivity index (χ4n) is 1.26. The van der Waals surface area contributed by atoms with E-state index in [4.69, 9.17) is 23.8 Å². The third-order valence-electron chi connectivity index (χ3n) is 1.88. The first kappa shape index (κ1) is 12.2. The number of amides is 1. The van der Waals surface area contributed by atoms with Crippen LogP contribution >= 0.6 is 35.2 Å². The van der Waals surface area contributed by atoms with E-state index in [1.165, 1.54) is 18.3 Å². The minimum Gasteiger partial charge on any atom is -0.308 e. The normalized spacial score (nSPS) is 10.2. The summed E-state index contributed by atoms with van der Waals surface area (Å²) in [6.45, 7) is 1.39. The molecule has 0 radical (unpaired) electrons. The predicted octanol–water partition coefficient (Wildman–Crippen LogP) is 2.78. The van der Waals surface area contributed by atoms with E-state index < -0.39 is 0 Å². The fourth-order valence-corrected chi connectivity index (χ4v) is 2.73. The van der Waals surface area contributed by atoms with E-state index in [2.05, 4.69) is 15.6 Å². The second-order valence-electron chi connectivity index (χ2n) is 3.24. The number of rotatable bonds is 1. The molecule has 0 atom stereocenters. The molecule has 0 bridgehead atoms. The Bertz CT molecular complexity index is 596. The van der Waals surface area contributed by atoms with Crippen LogP contribution < -0.4 is 10.6 Å². The van der Waals surface area contributed by atoms with Gasteiger partial charge in [0.15, 0.2) is 10.2 Å². The van der Waals surface area contributed by atoms with Crippen LogP contribution in [-0.4, -0.2) is 16.0 Å². The van der Waals surface area contributed by atoms with Gasteiger partial charge < -0.3 is 10.6 Å². The van der Waals surface area contributed by atoms with Crippen LogP contribution in [-0.2, 0) is 4.79 Å². The van der Waals surface area contributed by atoms with Crippen LogP contribution in [0.2, 0.25) is 5.02 Å². The third-order valence-corrected chi connectivity index (χ3v) is 3.32. The molecule has 0 aliphatic carbocycles. The van der Waals surface area contributed by atoms with Crippen LogP contribution in [0.4, 0.5) is 5.13 Å². The number of nitrogens with zero attached hydrogens (tertiary/aromatic N) is 1. The molecular weight excluding hydrogens is 278 g/mol. The summed E-state index contributed by atoms with van der Waals surface area (Å²) in [7, 11) is 0. The Morgan fingerprint density at radius 1 is 1.53 bits per heavy atom. The number of hydrogen-bond donors (Lipinski definition) is 2. The first-order chi connectivity index (χ1) is 8.06. The van der Waals surface area contributed by atoms with Crippen molar-refractivity contribution in [1.82, 2.24) is 10.3 Å². The summed E-state index contributed by atoms with van der Waals surface area (Å²) in [6.07, 6.45) is 0.